The van der Waals surface area contributed by atoms with E-state index in [2.05, 4.69) is 5.32 Å². The summed E-state index contributed by atoms with van der Waals surface area (Å²) in [4.78, 5) is 23.2. The van der Waals surface area contributed by atoms with Gasteiger partial charge < -0.3 is 15.8 Å². The van der Waals surface area contributed by atoms with Crippen LogP contribution in [0.2, 0.25) is 0 Å². The second-order valence-corrected chi connectivity index (χ2v) is 5.61. The first-order valence-corrected chi connectivity index (χ1v) is 6.54. The molecule has 2 amide bonds. The molecule has 1 atom stereocenters. The van der Waals surface area contributed by atoms with Gasteiger partial charge in [0, 0.05) is 0 Å². The Morgan fingerprint density at radius 2 is 1.85 bits per heavy atom. The maximum absolute atomic E-state index is 11.9. The predicted molar refractivity (Wildman–Crippen MR) is 77.0 cm³/mol. The minimum Gasteiger partial charge on any atom is -0.373 e. The van der Waals surface area contributed by atoms with Gasteiger partial charge >= 0.3 is 0 Å². The molecule has 0 aliphatic carbocycles. The van der Waals surface area contributed by atoms with Crippen LogP contribution in [0, 0.1) is 0 Å². The molecule has 0 saturated carbocycles. The van der Waals surface area contributed by atoms with Crippen LogP contribution in [0.5, 0.6) is 0 Å². The summed E-state index contributed by atoms with van der Waals surface area (Å²) in [5, 5.41) is 2.60. The number of hydrogen-bond acceptors (Lipinski definition) is 3. The van der Waals surface area contributed by atoms with Crippen molar-refractivity contribution in [1.29, 1.82) is 0 Å². The smallest absolute Gasteiger partial charge is 0.242 e. The molecule has 3 N–H and O–H groups in total. The second-order valence-electron chi connectivity index (χ2n) is 5.61. The zero-order chi connectivity index (χ0) is 15.2. The van der Waals surface area contributed by atoms with Crippen LogP contribution in [-0.4, -0.2) is 30.1 Å². The van der Waals surface area contributed by atoms with Crippen molar-refractivity contribution in [3.05, 3.63) is 35.9 Å². The molecule has 0 bridgehead atoms. The first kappa shape index (κ1) is 16.2. The summed E-state index contributed by atoms with van der Waals surface area (Å²) in [7, 11) is 0. The molecule has 110 valence electrons. The third-order valence-corrected chi connectivity index (χ3v) is 2.57. The number of primary amides is 1. The van der Waals surface area contributed by atoms with Crippen molar-refractivity contribution >= 4 is 11.8 Å². The number of nitrogens with two attached hydrogens (primary N) is 1. The highest BCUT2D eigenvalue weighted by molar-refractivity contribution is 5.87. The third-order valence-electron chi connectivity index (χ3n) is 2.57. The summed E-state index contributed by atoms with van der Waals surface area (Å²) in [6.45, 7) is 5.68. The maximum atomic E-state index is 11.9. The molecule has 0 radical (unpaired) electrons. The Balaban J connectivity index is 2.53. The fraction of sp³-hybridized carbons (Fsp3) is 0.467. The van der Waals surface area contributed by atoms with E-state index in [1.807, 2.05) is 51.1 Å². The van der Waals surface area contributed by atoms with E-state index in [1.54, 1.807) is 0 Å². The lowest BCUT2D eigenvalue weighted by atomic mass is 10.1. The Hall–Kier alpha value is -1.88. The fourth-order valence-electron chi connectivity index (χ4n) is 1.55. The Morgan fingerprint density at radius 1 is 1.25 bits per heavy atom. The Labute approximate surface area is 119 Å². The number of nitrogens with one attached hydrogen (secondary N) is 1. The van der Waals surface area contributed by atoms with Crippen LogP contribution in [0.25, 0.3) is 0 Å². The molecule has 0 spiro atoms. The Bertz CT molecular complexity index is 452. The highest BCUT2D eigenvalue weighted by Gasteiger charge is 2.21. The molecule has 0 aliphatic rings. The molecule has 1 unspecified atom stereocenters. The van der Waals surface area contributed by atoms with E-state index < -0.39 is 17.6 Å². The summed E-state index contributed by atoms with van der Waals surface area (Å²) < 4.78 is 5.49. The summed E-state index contributed by atoms with van der Waals surface area (Å²) in [6, 6.07) is 8.48. The summed E-state index contributed by atoms with van der Waals surface area (Å²) in [6.07, 6.45) is 0.208. The molecule has 5 nitrogen and oxygen atoms in total. The van der Waals surface area contributed by atoms with Crippen molar-refractivity contribution in [2.75, 3.05) is 6.61 Å². The first-order chi connectivity index (χ1) is 9.28. The van der Waals surface area contributed by atoms with Crippen LogP contribution in [0.15, 0.2) is 30.3 Å². The topological polar surface area (TPSA) is 81.4 Å². The van der Waals surface area contributed by atoms with Crippen molar-refractivity contribution in [3.8, 4) is 0 Å². The second kappa shape index (κ2) is 7.05. The molecular weight excluding hydrogens is 256 g/mol. The van der Waals surface area contributed by atoms with Crippen LogP contribution in [0.1, 0.15) is 26.3 Å². The largest absolute Gasteiger partial charge is 0.373 e. The monoisotopic (exact) mass is 278 g/mol. The van der Waals surface area contributed by atoms with E-state index in [0.29, 0.717) is 0 Å². The van der Waals surface area contributed by atoms with E-state index in [4.69, 9.17) is 10.5 Å². The summed E-state index contributed by atoms with van der Waals surface area (Å²) in [5.41, 5.74) is 5.76. The number of rotatable bonds is 6. The van der Waals surface area contributed by atoms with Gasteiger partial charge in [-0.15, -0.1) is 0 Å². The normalized spacial score (nSPS) is 12.8. The van der Waals surface area contributed by atoms with E-state index in [9.17, 15) is 9.59 Å². The summed E-state index contributed by atoms with van der Waals surface area (Å²) in [5.74, 6) is -0.854. The van der Waals surface area contributed by atoms with E-state index in [1.165, 1.54) is 0 Å². The lowest BCUT2D eigenvalue weighted by molar-refractivity contribution is -0.130. The van der Waals surface area contributed by atoms with Crippen LogP contribution in [0.4, 0.5) is 0 Å². The van der Waals surface area contributed by atoms with Gasteiger partial charge in [-0.1, -0.05) is 30.3 Å². The minimum absolute atomic E-state index is 0.0688. The number of ether oxygens (including phenoxy) is 1. The highest BCUT2D eigenvalue weighted by Crippen LogP contribution is 2.07. The van der Waals surface area contributed by atoms with Crippen LogP contribution >= 0.6 is 0 Å². The predicted octanol–water partition coefficient (Wildman–Crippen LogP) is 1.01. The summed E-state index contributed by atoms with van der Waals surface area (Å²) >= 11 is 0. The molecule has 0 heterocycles. The Morgan fingerprint density at radius 3 is 2.35 bits per heavy atom. The zero-order valence-corrected chi connectivity index (χ0v) is 12.2. The number of carbonyl (C=O) groups excluding carboxylic acids is 2. The van der Waals surface area contributed by atoms with Crippen molar-refractivity contribution in [2.24, 2.45) is 5.73 Å². The maximum Gasteiger partial charge on any atom is 0.242 e. The van der Waals surface area contributed by atoms with E-state index >= 15 is 0 Å². The molecular formula is C15H22N2O3. The van der Waals surface area contributed by atoms with Gasteiger partial charge in [-0.2, -0.15) is 0 Å². The van der Waals surface area contributed by atoms with Crippen LogP contribution in [0.3, 0.4) is 0 Å². The number of benzene rings is 1. The molecule has 1 aromatic carbocycles. The lowest BCUT2D eigenvalue weighted by Crippen LogP contribution is -2.49. The highest BCUT2D eigenvalue weighted by atomic mass is 16.5. The van der Waals surface area contributed by atoms with Crippen LogP contribution in [-0.2, 0) is 20.7 Å². The van der Waals surface area contributed by atoms with Crippen LogP contribution < -0.4 is 11.1 Å². The van der Waals surface area contributed by atoms with Gasteiger partial charge in [0.2, 0.25) is 11.8 Å². The van der Waals surface area contributed by atoms with Crippen molar-refractivity contribution in [1.82, 2.24) is 5.32 Å². The van der Waals surface area contributed by atoms with Crippen molar-refractivity contribution < 1.29 is 14.3 Å². The van der Waals surface area contributed by atoms with Gasteiger partial charge in [0.15, 0.2) is 0 Å². The SMILES string of the molecule is CC(C)(C)OCC(NC(=O)Cc1ccccc1)C(N)=O. The average molecular weight is 278 g/mol. The van der Waals surface area contributed by atoms with Gasteiger partial charge in [-0.05, 0) is 26.3 Å². The minimum atomic E-state index is -0.814. The Kier molecular flexibility index (Phi) is 5.70. The average Bonchev–Trinajstić information content (AvgIpc) is 2.34. The molecule has 0 saturated heterocycles. The van der Waals surface area contributed by atoms with Gasteiger partial charge in [-0.3, -0.25) is 9.59 Å². The fourth-order valence-corrected chi connectivity index (χ4v) is 1.55. The van der Waals surface area contributed by atoms with Crippen molar-refractivity contribution in [2.45, 2.75) is 38.8 Å². The van der Waals surface area contributed by atoms with Crippen molar-refractivity contribution in [3.63, 3.8) is 0 Å². The number of amides is 2. The lowest BCUT2D eigenvalue weighted by Gasteiger charge is -2.23. The zero-order valence-electron chi connectivity index (χ0n) is 12.2. The van der Waals surface area contributed by atoms with Gasteiger partial charge in [0.1, 0.15) is 6.04 Å². The van der Waals surface area contributed by atoms with E-state index in [-0.39, 0.29) is 18.9 Å². The van der Waals surface area contributed by atoms with E-state index in [0.717, 1.165) is 5.56 Å². The molecule has 0 aromatic heterocycles. The molecule has 1 rings (SSSR count). The quantitative estimate of drug-likeness (QED) is 0.815. The van der Waals surface area contributed by atoms with Gasteiger partial charge in [0.25, 0.3) is 0 Å². The standard InChI is InChI=1S/C15H22N2O3/c1-15(2,3)20-10-12(14(16)19)17-13(18)9-11-7-5-4-6-8-11/h4-8,12H,9-10H2,1-3H3,(H2,16,19)(H,17,18). The molecule has 5 heteroatoms. The molecule has 0 fully saturated rings. The van der Waals surface area contributed by atoms with Gasteiger partial charge in [-0.25, -0.2) is 0 Å². The third kappa shape index (κ3) is 6.33. The number of carbonyl (C=O) groups is 2. The van der Waals surface area contributed by atoms with Gasteiger partial charge in [0.05, 0.1) is 18.6 Å². The first-order valence-electron chi connectivity index (χ1n) is 6.54. The number of hydrogen-bond donors (Lipinski definition) is 2. The molecule has 1 aromatic rings. The molecule has 20 heavy (non-hydrogen) atoms. The molecule has 0 aliphatic heterocycles.